The van der Waals surface area contributed by atoms with E-state index >= 15 is 0 Å². The zero-order valence-electron chi connectivity index (χ0n) is 21.8. The van der Waals surface area contributed by atoms with Gasteiger partial charge < -0.3 is 10.2 Å². The number of hydrogen-bond acceptors (Lipinski definition) is 4. The van der Waals surface area contributed by atoms with Crippen LogP contribution in [-0.2, 0) is 26.2 Å². The maximum absolute atomic E-state index is 13.5. The molecule has 0 aliphatic carbocycles. The summed E-state index contributed by atoms with van der Waals surface area (Å²) in [7, 11) is -3.71. The van der Waals surface area contributed by atoms with Crippen molar-refractivity contribution in [3.05, 3.63) is 70.2 Å². The van der Waals surface area contributed by atoms with Crippen LogP contribution in [0.4, 0.5) is 5.69 Å². The van der Waals surface area contributed by atoms with Gasteiger partial charge in [-0.3, -0.25) is 13.9 Å². The zero-order chi connectivity index (χ0) is 27.8. The number of benzene rings is 3. The molecule has 0 saturated carbocycles. The quantitative estimate of drug-likeness (QED) is 0.369. The second-order valence-corrected chi connectivity index (χ2v) is 13.1. The predicted molar refractivity (Wildman–Crippen MR) is 152 cm³/mol. The van der Waals surface area contributed by atoms with E-state index < -0.39 is 21.6 Å². The third-order valence-electron chi connectivity index (χ3n) is 6.44. The van der Waals surface area contributed by atoms with Crippen LogP contribution in [0, 0.1) is 0 Å². The van der Waals surface area contributed by atoms with E-state index in [0.717, 1.165) is 10.9 Å². The van der Waals surface area contributed by atoms with Crippen molar-refractivity contribution in [2.45, 2.75) is 63.6 Å². The first-order chi connectivity index (χ1) is 17.8. The molecule has 1 aliphatic rings. The number of amides is 2. The average Bonchev–Trinajstić information content (AvgIpc) is 3.06. The predicted octanol–water partition coefficient (Wildman–Crippen LogP) is 5.77. The molecule has 3 aromatic rings. The summed E-state index contributed by atoms with van der Waals surface area (Å²) >= 11 is 12.2. The number of hydrogen-bond donors (Lipinski definition) is 1. The van der Waals surface area contributed by atoms with E-state index in [1.807, 2.05) is 39.0 Å². The molecule has 0 saturated heterocycles. The monoisotopic (exact) mass is 575 g/mol. The van der Waals surface area contributed by atoms with E-state index in [0.29, 0.717) is 21.1 Å². The molecule has 2 amide bonds. The number of nitrogens with one attached hydrogen (secondary N) is 1. The molecule has 4 rings (SSSR count). The summed E-state index contributed by atoms with van der Waals surface area (Å²) in [6, 6.07) is 15.1. The molecule has 1 unspecified atom stereocenters. The Bertz CT molecular complexity index is 1500. The maximum Gasteiger partial charge on any atom is 0.265 e. The van der Waals surface area contributed by atoms with Crippen LogP contribution in [0.3, 0.4) is 0 Å². The first-order valence-electron chi connectivity index (χ1n) is 12.4. The summed E-state index contributed by atoms with van der Waals surface area (Å²) in [5, 5.41) is 5.24. The Morgan fingerprint density at radius 2 is 1.71 bits per heavy atom. The average molecular weight is 577 g/mol. The molecule has 0 fully saturated rings. The van der Waals surface area contributed by atoms with Crippen molar-refractivity contribution in [3.8, 4) is 0 Å². The van der Waals surface area contributed by atoms with E-state index in [9.17, 15) is 18.0 Å². The standard InChI is InChI=1S/C28H31Cl2N3O4S/c1-18(27(35)31-28(2,3)4)32(17-19-13-14-21(29)22(30)16-19)25(34)12-7-15-33-23-10-5-8-20-9-6-11-24(26(20)23)38(33,36)37/h5-6,8-11,13-14,16,18H,7,12,15,17H2,1-4H3,(H,31,35). The minimum absolute atomic E-state index is 0.0623. The fourth-order valence-electron chi connectivity index (χ4n) is 4.61. The van der Waals surface area contributed by atoms with Crippen LogP contribution in [0.25, 0.3) is 10.8 Å². The van der Waals surface area contributed by atoms with Gasteiger partial charge in [-0.25, -0.2) is 8.42 Å². The number of halogens is 2. The van der Waals surface area contributed by atoms with Crippen LogP contribution in [0.1, 0.15) is 46.1 Å². The lowest BCUT2D eigenvalue weighted by Crippen LogP contribution is -2.52. The Hall–Kier alpha value is -2.81. The Kier molecular flexibility index (Phi) is 7.98. The van der Waals surface area contributed by atoms with Gasteiger partial charge in [-0.15, -0.1) is 0 Å². The zero-order valence-corrected chi connectivity index (χ0v) is 24.1. The molecule has 0 spiro atoms. The highest BCUT2D eigenvalue weighted by molar-refractivity contribution is 7.93. The minimum Gasteiger partial charge on any atom is -0.350 e. The Morgan fingerprint density at radius 1 is 1.03 bits per heavy atom. The number of rotatable bonds is 8. The van der Waals surface area contributed by atoms with Crippen LogP contribution in [0.15, 0.2) is 59.5 Å². The second kappa shape index (κ2) is 10.8. The van der Waals surface area contributed by atoms with Crippen LogP contribution in [0.2, 0.25) is 10.0 Å². The van der Waals surface area contributed by atoms with Crippen molar-refractivity contribution >= 4 is 61.5 Å². The lowest BCUT2D eigenvalue weighted by atomic mass is 10.1. The van der Waals surface area contributed by atoms with Crippen molar-refractivity contribution in [2.24, 2.45) is 0 Å². The summed E-state index contributed by atoms with van der Waals surface area (Å²) in [6.07, 6.45) is 0.348. The van der Waals surface area contributed by atoms with Gasteiger partial charge in [-0.05, 0) is 69.3 Å². The molecular formula is C28H31Cl2N3O4S. The van der Waals surface area contributed by atoms with Crippen molar-refractivity contribution in [1.29, 1.82) is 0 Å². The molecule has 1 aliphatic heterocycles. The molecule has 38 heavy (non-hydrogen) atoms. The first-order valence-corrected chi connectivity index (χ1v) is 14.6. The Morgan fingerprint density at radius 3 is 2.37 bits per heavy atom. The number of nitrogens with zero attached hydrogens (tertiary/aromatic N) is 2. The normalized spacial score (nSPS) is 14.9. The largest absolute Gasteiger partial charge is 0.350 e. The van der Waals surface area contributed by atoms with Gasteiger partial charge in [-0.2, -0.15) is 0 Å². The molecule has 0 bridgehead atoms. The van der Waals surface area contributed by atoms with Gasteiger partial charge in [0.05, 0.1) is 20.6 Å². The Balaban J connectivity index is 1.52. The maximum atomic E-state index is 13.5. The van der Waals surface area contributed by atoms with E-state index in [2.05, 4.69) is 5.32 Å². The molecule has 1 atom stereocenters. The molecule has 202 valence electrons. The van der Waals surface area contributed by atoms with Gasteiger partial charge in [0.25, 0.3) is 10.0 Å². The van der Waals surface area contributed by atoms with Gasteiger partial charge in [-0.1, -0.05) is 53.5 Å². The van der Waals surface area contributed by atoms with Crippen molar-refractivity contribution < 1.29 is 18.0 Å². The van der Waals surface area contributed by atoms with Crippen molar-refractivity contribution in [2.75, 3.05) is 10.8 Å². The highest BCUT2D eigenvalue weighted by atomic mass is 35.5. The molecular weight excluding hydrogens is 545 g/mol. The smallest absolute Gasteiger partial charge is 0.265 e. The number of carbonyl (C=O) groups is 2. The third-order valence-corrected chi connectivity index (χ3v) is 9.03. The summed E-state index contributed by atoms with van der Waals surface area (Å²) in [5.74, 6) is -0.546. The van der Waals surface area contributed by atoms with Gasteiger partial charge >= 0.3 is 0 Å². The van der Waals surface area contributed by atoms with Gasteiger partial charge in [0.2, 0.25) is 11.8 Å². The number of sulfonamides is 1. The molecule has 3 aromatic carbocycles. The topological polar surface area (TPSA) is 86.8 Å². The third kappa shape index (κ3) is 5.77. The lowest BCUT2D eigenvalue weighted by molar-refractivity contribution is -0.141. The molecule has 10 heteroatoms. The summed E-state index contributed by atoms with van der Waals surface area (Å²) in [5.41, 5.74) is 0.882. The fraction of sp³-hybridized carbons (Fsp3) is 0.357. The van der Waals surface area contributed by atoms with Crippen LogP contribution in [0.5, 0.6) is 0 Å². The molecule has 0 aromatic heterocycles. The van der Waals surface area contributed by atoms with Crippen molar-refractivity contribution in [1.82, 2.24) is 10.2 Å². The van der Waals surface area contributed by atoms with Gasteiger partial charge in [0.1, 0.15) is 6.04 Å². The summed E-state index contributed by atoms with van der Waals surface area (Å²) < 4.78 is 27.9. The molecule has 7 nitrogen and oxygen atoms in total. The molecule has 1 heterocycles. The fourth-order valence-corrected chi connectivity index (χ4v) is 6.68. The second-order valence-electron chi connectivity index (χ2n) is 10.5. The Labute approximate surface area is 233 Å². The van der Waals surface area contributed by atoms with E-state index in [1.165, 1.54) is 9.21 Å². The van der Waals surface area contributed by atoms with Crippen molar-refractivity contribution in [3.63, 3.8) is 0 Å². The number of anilines is 1. The first kappa shape index (κ1) is 28.2. The van der Waals surface area contributed by atoms with Crippen LogP contribution in [-0.4, -0.2) is 43.3 Å². The minimum atomic E-state index is -3.71. The van der Waals surface area contributed by atoms with Crippen LogP contribution >= 0.6 is 23.2 Å². The highest BCUT2D eigenvalue weighted by Crippen LogP contribution is 2.42. The van der Waals surface area contributed by atoms with Gasteiger partial charge in [0.15, 0.2) is 0 Å². The van der Waals surface area contributed by atoms with Crippen LogP contribution < -0.4 is 9.62 Å². The number of carbonyl (C=O) groups excluding carboxylic acids is 2. The molecule has 0 radical (unpaired) electrons. The highest BCUT2D eigenvalue weighted by Gasteiger charge is 2.35. The van der Waals surface area contributed by atoms with E-state index in [-0.39, 0.29) is 42.6 Å². The SMILES string of the molecule is CC(C(=O)NC(C)(C)C)N(Cc1ccc(Cl)c(Cl)c1)C(=O)CCCN1c2cccc3cccc(c23)S1(=O)=O. The van der Waals surface area contributed by atoms with E-state index in [4.69, 9.17) is 23.2 Å². The lowest BCUT2D eigenvalue weighted by Gasteiger charge is -2.32. The summed E-state index contributed by atoms with van der Waals surface area (Å²) in [6.45, 7) is 7.60. The van der Waals surface area contributed by atoms with E-state index in [1.54, 1.807) is 43.3 Å². The van der Waals surface area contributed by atoms with Gasteiger partial charge in [0, 0.05) is 30.4 Å². The molecule has 1 N–H and O–H groups in total. The summed E-state index contributed by atoms with van der Waals surface area (Å²) in [4.78, 5) is 28.2.